The molecule has 3 nitrogen and oxygen atoms in total. The summed E-state index contributed by atoms with van der Waals surface area (Å²) in [5.74, 6) is 0.897. The van der Waals surface area contributed by atoms with E-state index in [0.717, 1.165) is 56.6 Å². The first kappa shape index (κ1) is 41.4. The summed E-state index contributed by atoms with van der Waals surface area (Å²) in [5, 5.41) is 0. The van der Waals surface area contributed by atoms with Crippen LogP contribution in [0.2, 0.25) is 0 Å². The minimum Gasteiger partial charge on any atom is -0.493 e. The first-order valence-electron chi connectivity index (χ1n) is 21.5. The molecule has 0 bridgehead atoms. The van der Waals surface area contributed by atoms with E-state index in [4.69, 9.17) is 4.74 Å². The molecule has 0 aliphatic heterocycles. The fourth-order valence-corrected chi connectivity index (χ4v) is 7.90. The molecule has 0 amide bonds. The van der Waals surface area contributed by atoms with Gasteiger partial charge in [-0.15, -0.1) is 0 Å². The Hall–Kier alpha value is -7.36. The van der Waals surface area contributed by atoms with Crippen LogP contribution in [0, 0.1) is 34.6 Å². The molecule has 0 saturated heterocycles. The first-order chi connectivity index (χ1) is 30.2. The lowest BCUT2D eigenvalue weighted by Gasteiger charge is -2.27. The molecule has 0 heterocycles. The van der Waals surface area contributed by atoms with E-state index in [0.29, 0.717) is 6.61 Å². The largest absolute Gasteiger partial charge is 0.493 e. The molecule has 0 aromatic heterocycles. The van der Waals surface area contributed by atoms with Crippen molar-refractivity contribution in [2.75, 3.05) is 16.4 Å². The van der Waals surface area contributed by atoms with Crippen molar-refractivity contribution in [2.24, 2.45) is 0 Å². The van der Waals surface area contributed by atoms with E-state index in [2.05, 4.69) is 233 Å². The zero-order valence-corrected chi connectivity index (χ0v) is 36.6. The predicted molar refractivity (Wildman–Crippen MR) is 267 cm³/mol. The number of anilines is 6. The highest BCUT2D eigenvalue weighted by Crippen LogP contribution is 2.39. The van der Waals surface area contributed by atoms with E-state index in [9.17, 15) is 0 Å². The van der Waals surface area contributed by atoms with Crippen LogP contribution in [0.25, 0.3) is 35.4 Å². The van der Waals surface area contributed by atoms with Gasteiger partial charge in [0.1, 0.15) is 5.75 Å². The zero-order valence-electron chi connectivity index (χ0n) is 36.6. The molecule has 0 saturated carbocycles. The van der Waals surface area contributed by atoms with Gasteiger partial charge in [0.25, 0.3) is 0 Å². The molecule has 0 radical (unpaired) electrons. The number of hydrogen-bond donors (Lipinski definition) is 0. The molecular formula is C59H54N2O. The molecule has 3 heteroatoms. The molecule has 0 atom stereocenters. The lowest BCUT2D eigenvalue weighted by atomic mass is 10.0. The highest BCUT2D eigenvalue weighted by atomic mass is 16.5. The smallest absolute Gasteiger partial charge is 0.126 e. The van der Waals surface area contributed by atoms with Gasteiger partial charge < -0.3 is 14.5 Å². The molecule has 0 aliphatic rings. The van der Waals surface area contributed by atoms with Gasteiger partial charge in [0.2, 0.25) is 0 Å². The Kier molecular flexibility index (Phi) is 12.6. The molecule has 8 aromatic rings. The number of nitrogens with zero attached hydrogens (tertiary/aromatic N) is 2. The quantitative estimate of drug-likeness (QED) is 0.108. The third kappa shape index (κ3) is 9.49. The number of hydrogen-bond acceptors (Lipinski definition) is 3. The summed E-state index contributed by atoms with van der Waals surface area (Å²) < 4.78 is 5.86. The Labute approximate surface area is 368 Å². The van der Waals surface area contributed by atoms with E-state index in [1.54, 1.807) is 0 Å². The van der Waals surface area contributed by atoms with Crippen LogP contribution in [0.4, 0.5) is 34.1 Å². The van der Waals surface area contributed by atoms with Gasteiger partial charge in [0.05, 0.1) is 6.61 Å². The lowest BCUT2D eigenvalue weighted by Crippen LogP contribution is -2.10. The lowest BCUT2D eigenvalue weighted by molar-refractivity contribution is 0.339. The van der Waals surface area contributed by atoms with Gasteiger partial charge >= 0.3 is 0 Å². The average molecular weight is 807 g/mol. The summed E-state index contributed by atoms with van der Waals surface area (Å²) >= 11 is 0. The molecule has 0 unspecified atom stereocenters. The van der Waals surface area contributed by atoms with Crippen LogP contribution in [0.3, 0.4) is 0 Å². The van der Waals surface area contributed by atoms with E-state index >= 15 is 0 Å². The normalized spacial score (nSPS) is 11.3. The van der Waals surface area contributed by atoms with Crippen LogP contribution >= 0.6 is 0 Å². The average Bonchev–Trinajstić information content (AvgIpc) is 3.29. The Bertz CT molecular complexity index is 2830. The van der Waals surface area contributed by atoms with Crippen LogP contribution in [0.1, 0.15) is 57.0 Å². The van der Waals surface area contributed by atoms with Crippen molar-refractivity contribution in [3.05, 3.63) is 232 Å². The van der Waals surface area contributed by atoms with Crippen LogP contribution in [-0.4, -0.2) is 6.61 Å². The Morgan fingerprint density at radius 1 is 0.355 bits per heavy atom. The monoisotopic (exact) mass is 806 g/mol. The first-order valence-corrected chi connectivity index (χ1v) is 21.5. The highest BCUT2D eigenvalue weighted by molar-refractivity contribution is 5.83. The number of rotatable bonds is 13. The second-order valence-corrected chi connectivity index (χ2v) is 16.0. The van der Waals surface area contributed by atoms with Crippen molar-refractivity contribution in [1.82, 2.24) is 0 Å². The maximum atomic E-state index is 5.86. The van der Waals surface area contributed by atoms with Crippen molar-refractivity contribution in [2.45, 2.75) is 41.5 Å². The minimum absolute atomic E-state index is 0.637. The molecule has 8 aromatic carbocycles. The van der Waals surface area contributed by atoms with E-state index < -0.39 is 0 Å². The summed E-state index contributed by atoms with van der Waals surface area (Å²) in [6.45, 7) is 13.4. The van der Waals surface area contributed by atoms with Gasteiger partial charge in [-0.3, -0.25) is 0 Å². The molecule has 0 N–H and O–H groups in total. The standard InChI is InChI=1S/C59H54N2O/c1-7-62-59-15-11-10-14-52(59)23-22-49-25-39-58(41-46(49)6)61(54-32-18-43(3)19-33-54)56-36-28-51(29-37-56)50-26-34-55(35-27-50)60(53-30-16-42(2)17-31-53)57-38-24-48(45(5)40-57)21-20-47-13-9-8-12-44(47)4/h8-41H,7H2,1-6H3/b21-20+,23-22+. The third-order valence-corrected chi connectivity index (χ3v) is 11.5. The van der Waals surface area contributed by atoms with Crippen molar-refractivity contribution in [1.29, 1.82) is 0 Å². The topological polar surface area (TPSA) is 15.7 Å². The van der Waals surface area contributed by atoms with Crippen LogP contribution < -0.4 is 14.5 Å². The van der Waals surface area contributed by atoms with Gasteiger partial charge in [-0.05, 0) is 165 Å². The number of para-hydroxylation sites is 1. The molecule has 62 heavy (non-hydrogen) atoms. The summed E-state index contributed by atoms with van der Waals surface area (Å²) in [7, 11) is 0. The molecule has 306 valence electrons. The maximum Gasteiger partial charge on any atom is 0.126 e. The maximum absolute atomic E-state index is 5.86. The fraction of sp³-hybridized carbons (Fsp3) is 0.119. The number of ether oxygens (including phenoxy) is 1. The van der Waals surface area contributed by atoms with E-state index in [-0.39, 0.29) is 0 Å². The summed E-state index contributed by atoms with van der Waals surface area (Å²) in [6, 6.07) is 65.5. The highest BCUT2D eigenvalue weighted by Gasteiger charge is 2.16. The predicted octanol–water partition coefficient (Wildman–Crippen LogP) is 16.6. The Morgan fingerprint density at radius 2 is 0.710 bits per heavy atom. The van der Waals surface area contributed by atoms with Crippen LogP contribution in [0.15, 0.2) is 182 Å². The van der Waals surface area contributed by atoms with Gasteiger partial charge in [-0.25, -0.2) is 0 Å². The van der Waals surface area contributed by atoms with Crippen molar-refractivity contribution >= 4 is 58.4 Å². The van der Waals surface area contributed by atoms with Crippen molar-refractivity contribution < 1.29 is 4.74 Å². The van der Waals surface area contributed by atoms with Crippen molar-refractivity contribution in [3.8, 4) is 16.9 Å². The molecule has 0 aliphatic carbocycles. The van der Waals surface area contributed by atoms with Gasteiger partial charge in [-0.2, -0.15) is 0 Å². The fourth-order valence-electron chi connectivity index (χ4n) is 7.90. The minimum atomic E-state index is 0.637. The second-order valence-electron chi connectivity index (χ2n) is 16.0. The summed E-state index contributed by atoms with van der Waals surface area (Å²) in [6.07, 6.45) is 8.75. The van der Waals surface area contributed by atoms with Crippen LogP contribution in [0.5, 0.6) is 5.75 Å². The third-order valence-electron chi connectivity index (χ3n) is 11.5. The zero-order chi connectivity index (χ0) is 43.0. The SMILES string of the molecule is CCOc1ccccc1/C=C/c1ccc(N(c2ccc(C)cc2)c2ccc(-c3ccc(N(c4ccc(C)cc4)c4ccc(/C=C/c5ccccc5C)c(C)c4)cc3)cc2)cc1C. The Morgan fingerprint density at radius 3 is 1.13 bits per heavy atom. The van der Waals surface area contributed by atoms with Gasteiger partial charge in [-0.1, -0.05) is 139 Å². The number of benzene rings is 8. The van der Waals surface area contributed by atoms with Gasteiger partial charge in [0, 0.05) is 39.7 Å². The molecule has 0 spiro atoms. The summed E-state index contributed by atoms with van der Waals surface area (Å²) in [4.78, 5) is 4.68. The van der Waals surface area contributed by atoms with E-state index in [1.807, 2.05) is 25.1 Å². The van der Waals surface area contributed by atoms with Crippen molar-refractivity contribution in [3.63, 3.8) is 0 Å². The summed E-state index contributed by atoms with van der Waals surface area (Å²) in [5.41, 5.74) is 19.8. The van der Waals surface area contributed by atoms with E-state index in [1.165, 1.54) is 44.5 Å². The molecular weight excluding hydrogens is 753 g/mol. The van der Waals surface area contributed by atoms with Crippen LogP contribution in [-0.2, 0) is 0 Å². The molecule has 8 rings (SSSR count). The Balaban J connectivity index is 1.07. The second kappa shape index (κ2) is 18.9. The number of aryl methyl sites for hydroxylation is 5. The van der Waals surface area contributed by atoms with Gasteiger partial charge in [0.15, 0.2) is 0 Å². The molecule has 0 fully saturated rings.